The van der Waals surface area contributed by atoms with Gasteiger partial charge >= 0.3 is 0 Å². The van der Waals surface area contributed by atoms with Gasteiger partial charge in [-0.05, 0) is 36.6 Å². The topological polar surface area (TPSA) is 55.1 Å². The highest BCUT2D eigenvalue weighted by Crippen LogP contribution is 2.47. The van der Waals surface area contributed by atoms with Crippen LogP contribution in [-0.4, -0.2) is 12.5 Å². The minimum absolute atomic E-state index is 0.106. The smallest absolute Gasteiger partial charge is 0.251 e. The number of rotatable bonds is 4. The van der Waals surface area contributed by atoms with Crippen LogP contribution in [0.5, 0.6) is 0 Å². The van der Waals surface area contributed by atoms with Crippen molar-refractivity contribution in [1.29, 1.82) is 0 Å². The molecule has 0 aromatic heterocycles. The molecule has 1 saturated carbocycles. The van der Waals surface area contributed by atoms with Crippen molar-refractivity contribution in [3.05, 3.63) is 64.7 Å². The Morgan fingerprint density at radius 2 is 1.90 bits per heavy atom. The molecule has 21 heavy (non-hydrogen) atoms. The van der Waals surface area contributed by atoms with Gasteiger partial charge in [-0.1, -0.05) is 41.9 Å². The zero-order valence-electron chi connectivity index (χ0n) is 11.6. The van der Waals surface area contributed by atoms with Crippen molar-refractivity contribution in [3.8, 4) is 0 Å². The van der Waals surface area contributed by atoms with Gasteiger partial charge in [0.15, 0.2) is 0 Å². The number of halogens is 1. The van der Waals surface area contributed by atoms with Crippen molar-refractivity contribution >= 4 is 23.2 Å². The van der Waals surface area contributed by atoms with E-state index in [1.165, 1.54) is 5.56 Å². The van der Waals surface area contributed by atoms with E-state index in [-0.39, 0.29) is 11.3 Å². The van der Waals surface area contributed by atoms with E-state index in [0.29, 0.717) is 22.8 Å². The fraction of sp³-hybridized carbons (Fsp3) is 0.235. The first-order valence-electron chi connectivity index (χ1n) is 6.99. The van der Waals surface area contributed by atoms with Crippen LogP contribution in [0.4, 0.5) is 5.69 Å². The monoisotopic (exact) mass is 300 g/mol. The lowest BCUT2D eigenvalue weighted by Crippen LogP contribution is -2.32. The molecule has 0 bridgehead atoms. The first-order valence-corrected chi connectivity index (χ1v) is 7.37. The first kappa shape index (κ1) is 14.0. The first-order chi connectivity index (χ1) is 10.1. The zero-order valence-corrected chi connectivity index (χ0v) is 12.4. The van der Waals surface area contributed by atoms with Gasteiger partial charge in [0, 0.05) is 17.5 Å². The number of benzene rings is 2. The van der Waals surface area contributed by atoms with Crippen molar-refractivity contribution in [2.45, 2.75) is 18.3 Å². The molecule has 0 spiro atoms. The molecule has 0 saturated heterocycles. The standard InChI is InChI=1S/C17H17ClN2O/c18-14-7-6-12(10-15(14)19)16(21)20-11-17(8-9-17)13-4-2-1-3-5-13/h1-7,10H,8-9,11,19H2,(H,20,21). The molecule has 2 aromatic rings. The van der Waals surface area contributed by atoms with E-state index >= 15 is 0 Å². The predicted molar refractivity (Wildman–Crippen MR) is 85.6 cm³/mol. The molecule has 4 heteroatoms. The summed E-state index contributed by atoms with van der Waals surface area (Å²) >= 11 is 5.87. The molecule has 1 aliphatic carbocycles. The molecule has 0 aliphatic heterocycles. The number of hydrogen-bond acceptors (Lipinski definition) is 2. The second-order valence-corrected chi connectivity index (χ2v) is 5.97. The maximum atomic E-state index is 12.2. The average Bonchev–Trinajstić information content (AvgIpc) is 3.30. The minimum Gasteiger partial charge on any atom is -0.398 e. The lowest BCUT2D eigenvalue weighted by molar-refractivity contribution is 0.0949. The molecule has 108 valence electrons. The van der Waals surface area contributed by atoms with Crippen molar-refractivity contribution in [2.24, 2.45) is 0 Å². The van der Waals surface area contributed by atoms with Crippen LogP contribution in [0.1, 0.15) is 28.8 Å². The van der Waals surface area contributed by atoms with Crippen LogP contribution >= 0.6 is 11.6 Å². The maximum Gasteiger partial charge on any atom is 0.251 e. The van der Waals surface area contributed by atoms with Crippen LogP contribution in [0.2, 0.25) is 5.02 Å². The summed E-state index contributed by atoms with van der Waals surface area (Å²) in [4.78, 5) is 12.2. The van der Waals surface area contributed by atoms with E-state index in [2.05, 4.69) is 17.4 Å². The lowest BCUT2D eigenvalue weighted by Gasteiger charge is -2.16. The summed E-state index contributed by atoms with van der Waals surface area (Å²) in [5.74, 6) is -0.111. The van der Waals surface area contributed by atoms with Gasteiger partial charge in [0.25, 0.3) is 5.91 Å². The summed E-state index contributed by atoms with van der Waals surface area (Å²) in [6, 6.07) is 15.3. The molecule has 3 N–H and O–H groups in total. The Balaban J connectivity index is 1.68. The predicted octanol–water partition coefficient (Wildman–Crippen LogP) is 3.38. The van der Waals surface area contributed by atoms with Gasteiger partial charge < -0.3 is 11.1 Å². The van der Waals surface area contributed by atoms with Crippen LogP contribution in [-0.2, 0) is 5.41 Å². The summed E-state index contributed by atoms with van der Waals surface area (Å²) in [6.45, 7) is 0.651. The van der Waals surface area contributed by atoms with E-state index in [1.54, 1.807) is 18.2 Å². The van der Waals surface area contributed by atoms with Crippen LogP contribution in [0.3, 0.4) is 0 Å². The Morgan fingerprint density at radius 3 is 2.52 bits per heavy atom. The van der Waals surface area contributed by atoms with Crippen molar-refractivity contribution in [3.63, 3.8) is 0 Å². The number of nitrogens with two attached hydrogens (primary N) is 1. The number of carbonyl (C=O) groups excluding carboxylic acids is 1. The third-order valence-electron chi connectivity index (χ3n) is 4.09. The van der Waals surface area contributed by atoms with E-state index in [9.17, 15) is 4.79 Å². The largest absolute Gasteiger partial charge is 0.398 e. The van der Waals surface area contributed by atoms with Gasteiger partial charge in [0.05, 0.1) is 10.7 Å². The summed E-state index contributed by atoms with van der Waals surface area (Å²) in [5.41, 5.74) is 8.10. The summed E-state index contributed by atoms with van der Waals surface area (Å²) in [6.07, 6.45) is 2.22. The summed E-state index contributed by atoms with van der Waals surface area (Å²) < 4.78 is 0. The molecular weight excluding hydrogens is 284 g/mol. The lowest BCUT2D eigenvalue weighted by atomic mass is 9.96. The SMILES string of the molecule is Nc1cc(C(=O)NCC2(c3ccccc3)CC2)ccc1Cl. The Morgan fingerprint density at radius 1 is 1.19 bits per heavy atom. The molecule has 0 atom stereocenters. The number of nitrogens with one attached hydrogen (secondary N) is 1. The van der Waals surface area contributed by atoms with E-state index < -0.39 is 0 Å². The molecule has 0 heterocycles. The third kappa shape index (κ3) is 2.88. The highest BCUT2D eigenvalue weighted by Gasteiger charge is 2.44. The second kappa shape index (κ2) is 5.41. The zero-order chi connectivity index (χ0) is 14.9. The molecule has 1 fully saturated rings. The van der Waals surface area contributed by atoms with Gasteiger partial charge in [0.1, 0.15) is 0 Å². The maximum absolute atomic E-state index is 12.2. The van der Waals surface area contributed by atoms with Crippen LogP contribution in [0, 0.1) is 0 Å². The normalized spacial score (nSPS) is 15.5. The molecule has 0 unspecified atom stereocenters. The number of carbonyl (C=O) groups is 1. The van der Waals surface area contributed by atoms with Crippen molar-refractivity contribution in [2.75, 3.05) is 12.3 Å². The van der Waals surface area contributed by atoms with Gasteiger partial charge in [-0.3, -0.25) is 4.79 Å². The Bertz CT molecular complexity index is 666. The molecule has 0 radical (unpaired) electrons. The van der Waals surface area contributed by atoms with Crippen LogP contribution in [0.15, 0.2) is 48.5 Å². The average molecular weight is 301 g/mol. The molecular formula is C17H17ClN2O. The van der Waals surface area contributed by atoms with E-state index in [0.717, 1.165) is 12.8 Å². The van der Waals surface area contributed by atoms with Crippen molar-refractivity contribution in [1.82, 2.24) is 5.32 Å². The van der Waals surface area contributed by atoms with Gasteiger partial charge in [0.2, 0.25) is 0 Å². The van der Waals surface area contributed by atoms with Gasteiger partial charge in [-0.25, -0.2) is 0 Å². The Hall–Kier alpha value is -2.00. The molecule has 1 aliphatic rings. The van der Waals surface area contributed by atoms with Crippen LogP contribution < -0.4 is 11.1 Å². The highest BCUT2D eigenvalue weighted by molar-refractivity contribution is 6.33. The second-order valence-electron chi connectivity index (χ2n) is 5.57. The molecule has 2 aromatic carbocycles. The minimum atomic E-state index is -0.111. The molecule has 3 nitrogen and oxygen atoms in total. The summed E-state index contributed by atoms with van der Waals surface area (Å²) in [7, 11) is 0. The third-order valence-corrected chi connectivity index (χ3v) is 4.43. The number of hydrogen-bond donors (Lipinski definition) is 2. The number of amides is 1. The molecule has 3 rings (SSSR count). The van der Waals surface area contributed by atoms with Crippen molar-refractivity contribution < 1.29 is 4.79 Å². The molecule has 1 amide bonds. The van der Waals surface area contributed by atoms with Crippen LogP contribution in [0.25, 0.3) is 0 Å². The summed E-state index contributed by atoms with van der Waals surface area (Å²) in [5, 5.41) is 3.48. The number of nitrogen functional groups attached to an aromatic ring is 1. The van der Waals surface area contributed by atoms with Gasteiger partial charge in [-0.15, -0.1) is 0 Å². The fourth-order valence-electron chi connectivity index (χ4n) is 2.55. The van der Waals surface area contributed by atoms with Gasteiger partial charge in [-0.2, -0.15) is 0 Å². The van der Waals surface area contributed by atoms with E-state index in [1.807, 2.05) is 18.2 Å². The Kier molecular flexibility index (Phi) is 3.60. The Labute approximate surface area is 129 Å². The van der Waals surface area contributed by atoms with E-state index in [4.69, 9.17) is 17.3 Å². The quantitative estimate of drug-likeness (QED) is 0.851. The highest BCUT2D eigenvalue weighted by atomic mass is 35.5. The number of anilines is 1. The fourth-order valence-corrected chi connectivity index (χ4v) is 2.66.